The maximum absolute atomic E-state index is 12.9. The summed E-state index contributed by atoms with van der Waals surface area (Å²) >= 11 is 6.19. The number of rotatable bonds is 1. The number of anilines is 1. The highest BCUT2D eigenvalue weighted by Gasteiger charge is 2.35. The van der Waals surface area contributed by atoms with Gasteiger partial charge in [0.15, 0.2) is 0 Å². The van der Waals surface area contributed by atoms with Crippen molar-refractivity contribution in [2.75, 3.05) is 11.9 Å². The van der Waals surface area contributed by atoms with E-state index < -0.39 is 5.54 Å². The molecule has 0 saturated carbocycles. The molecule has 1 aromatic carbocycles. The van der Waals surface area contributed by atoms with E-state index >= 15 is 0 Å². The molecule has 2 aromatic rings. The van der Waals surface area contributed by atoms with Crippen LogP contribution >= 0.6 is 11.6 Å². The molecule has 0 atom stereocenters. The molecule has 5 nitrogen and oxygen atoms in total. The Balaban J connectivity index is 2.22. The Labute approximate surface area is 139 Å². The molecule has 0 spiro atoms. The summed E-state index contributed by atoms with van der Waals surface area (Å²) in [5.74, 6) is 0.0596. The summed E-state index contributed by atoms with van der Waals surface area (Å²) in [4.78, 5) is 26.8. The van der Waals surface area contributed by atoms with Crippen LogP contribution < -0.4 is 5.32 Å². The number of nitrogens with zero attached hydrogens (tertiary/aromatic N) is 1. The van der Waals surface area contributed by atoms with Crippen LogP contribution in [0.1, 0.15) is 31.1 Å². The first-order valence-electron chi connectivity index (χ1n) is 7.26. The molecule has 23 heavy (non-hydrogen) atoms. The van der Waals surface area contributed by atoms with E-state index in [2.05, 4.69) is 5.32 Å². The summed E-state index contributed by atoms with van der Waals surface area (Å²) < 4.78 is 5.41. The summed E-state index contributed by atoms with van der Waals surface area (Å²) in [6, 6.07) is 6.76. The van der Waals surface area contributed by atoms with Gasteiger partial charge >= 0.3 is 0 Å². The Morgan fingerprint density at radius 2 is 1.91 bits per heavy atom. The molecule has 1 aromatic heterocycles. The first-order valence-corrected chi connectivity index (χ1v) is 7.64. The molecule has 2 amide bonds. The van der Waals surface area contributed by atoms with E-state index in [-0.39, 0.29) is 18.4 Å². The van der Waals surface area contributed by atoms with Gasteiger partial charge in [0.25, 0.3) is 5.91 Å². The molecule has 0 fully saturated rings. The second-order valence-corrected chi connectivity index (χ2v) is 6.90. The van der Waals surface area contributed by atoms with Gasteiger partial charge in [0, 0.05) is 16.1 Å². The number of furan rings is 1. The molecule has 2 heterocycles. The van der Waals surface area contributed by atoms with Crippen LogP contribution in [0.3, 0.4) is 0 Å². The van der Waals surface area contributed by atoms with Crippen LogP contribution in [0.15, 0.2) is 34.9 Å². The smallest absolute Gasteiger partial charge is 0.256 e. The standard InChI is InChI=1S/C17H17ClN2O3/c1-17(2,3)20-9-14(21)19-15-11(13-5-4-6-23-13)7-10(18)8-12(15)16(20)22/h4-8H,9H2,1-3H3,(H,19,21). The van der Waals surface area contributed by atoms with E-state index in [9.17, 15) is 9.59 Å². The largest absolute Gasteiger partial charge is 0.464 e. The third-order valence-electron chi connectivity index (χ3n) is 3.74. The Hall–Kier alpha value is -2.27. The number of amides is 2. The van der Waals surface area contributed by atoms with Crippen LogP contribution in [-0.2, 0) is 4.79 Å². The van der Waals surface area contributed by atoms with Crippen LogP contribution in [0.25, 0.3) is 11.3 Å². The lowest BCUT2D eigenvalue weighted by Crippen LogP contribution is -2.47. The lowest BCUT2D eigenvalue weighted by molar-refractivity contribution is -0.117. The zero-order valence-corrected chi connectivity index (χ0v) is 13.9. The second kappa shape index (κ2) is 5.42. The van der Waals surface area contributed by atoms with Gasteiger partial charge < -0.3 is 14.6 Å². The van der Waals surface area contributed by atoms with Gasteiger partial charge in [-0.3, -0.25) is 9.59 Å². The zero-order valence-electron chi connectivity index (χ0n) is 13.1. The summed E-state index contributed by atoms with van der Waals surface area (Å²) in [6.45, 7) is 5.66. The van der Waals surface area contributed by atoms with Crippen LogP contribution in [-0.4, -0.2) is 28.8 Å². The van der Waals surface area contributed by atoms with Crippen LogP contribution in [0.5, 0.6) is 0 Å². The van der Waals surface area contributed by atoms with Crippen molar-refractivity contribution in [1.29, 1.82) is 0 Å². The van der Waals surface area contributed by atoms with Gasteiger partial charge in [-0.15, -0.1) is 0 Å². The van der Waals surface area contributed by atoms with Gasteiger partial charge in [-0.2, -0.15) is 0 Å². The van der Waals surface area contributed by atoms with Gasteiger partial charge in [-0.05, 0) is 45.0 Å². The minimum atomic E-state index is -0.483. The Kier molecular flexibility index (Phi) is 3.68. The first-order chi connectivity index (χ1) is 10.8. The molecule has 3 rings (SSSR count). The van der Waals surface area contributed by atoms with Gasteiger partial charge in [-0.1, -0.05) is 11.6 Å². The van der Waals surface area contributed by atoms with E-state index in [1.807, 2.05) is 20.8 Å². The van der Waals surface area contributed by atoms with Gasteiger partial charge in [0.1, 0.15) is 12.3 Å². The molecule has 6 heteroatoms. The zero-order chi connectivity index (χ0) is 16.8. The third-order valence-corrected chi connectivity index (χ3v) is 3.96. The van der Waals surface area contributed by atoms with E-state index in [1.165, 1.54) is 11.2 Å². The molecular weight excluding hydrogens is 316 g/mol. The van der Waals surface area contributed by atoms with Gasteiger partial charge in [0.2, 0.25) is 5.91 Å². The third kappa shape index (κ3) is 2.84. The highest BCUT2D eigenvalue weighted by molar-refractivity contribution is 6.32. The molecule has 1 aliphatic heterocycles. The number of carbonyl (C=O) groups excluding carboxylic acids is 2. The number of hydrogen-bond donors (Lipinski definition) is 1. The van der Waals surface area contributed by atoms with Crippen molar-refractivity contribution in [3.63, 3.8) is 0 Å². The van der Waals surface area contributed by atoms with Crippen molar-refractivity contribution in [2.45, 2.75) is 26.3 Å². The lowest BCUT2D eigenvalue weighted by atomic mass is 10.0. The molecule has 1 aliphatic rings. The van der Waals surface area contributed by atoms with Crippen molar-refractivity contribution in [3.05, 3.63) is 41.1 Å². The van der Waals surface area contributed by atoms with Crippen molar-refractivity contribution in [3.8, 4) is 11.3 Å². The summed E-state index contributed by atoms with van der Waals surface area (Å²) in [7, 11) is 0. The minimum absolute atomic E-state index is 0.00771. The minimum Gasteiger partial charge on any atom is -0.464 e. The topological polar surface area (TPSA) is 62.6 Å². The molecule has 0 saturated heterocycles. The highest BCUT2D eigenvalue weighted by Crippen LogP contribution is 2.37. The quantitative estimate of drug-likeness (QED) is 0.864. The lowest BCUT2D eigenvalue weighted by Gasteiger charge is -2.34. The number of halogens is 1. The maximum Gasteiger partial charge on any atom is 0.256 e. The normalized spacial score (nSPS) is 15.2. The fourth-order valence-corrected chi connectivity index (χ4v) is 2.84. The number of fused-ring (bicyclic) bond motifs is 1. The SMILES string of the molecule is CC(C)(C)N1CC(=O)Nc2c(cc(Cl)cc2-c2ccco2)C1=O. The fraction of sp³-hybridized carbons (Fsp3) is 0.294. The fourth-order valence-electron chi connectivity index (χ4n) is 2.62. The molecule has 0 aliphatic carbocycles. The number of benzene rings is 1. The highest BCUT2D eigenvalue weighted by atomic mass is 35.5. The average Bonchev–Trinajstić information content (AvgIpc) is 2.94. The number of carbonyl (C=O) groups is 2. The van der Waals surface area contributed by atoms with Crippen molar-refractivity contribution < 1.29 is 14.0 Å². The van der Waals surface area contributed by atoms with Gasteiger partial charge in [0.05, 0.1) is 17.5 Å². The van der Waals surface area contributed by atoms with E-state index in [4.69, 9.17) is 16.0 Å². The number of hydrogen-bond acceptors (Lipinski definition) is 3. The molecule has 0 unspecified atom stereocenters. The molecular formula is C17H17ClN2O3. The molecule has 0 radical (unpaired) electrons. The molecule has 0 bridgehead atoms. The van der Waals surface area contributed by atoms with Crippen LogP contribution in [0.2, 0.25) is 5.02 Å². The predicted molar refractivity (Wildman–Crippen MR) is 88.6 cm³/mol. The van der Waals surface area contributed by atoms with E-state index in [0.717, 1.165) is 0 Å². The molecule has 1 N–H and O–H groups in total. The average molecular weight is 333 g/mol. The Morgan fingerprint density at radius 3 is 2.52 bits per heavy atom. The van der Waals surface area contributed by atoms with Gasteiger partial charge in [-0.25, -0.2) is 0 Å². The van der Waals surface area contributed by atoms with E-state index in [0.29, 0.717) is 27.6 Å². The molecule has 120 valence electrons. The van der Waals surface area contributed by atoms with Crippen molar-refractivity contribution in [1.82, 2.24) is 4.90 Å². The van der Waals surface area contributed by atoms with Crippen LogP contribution in [0, 0.1) is 0 Å². The van der Waals surface area contributed by atoms with Crippen molar-refractivity contribution in [2.24, 2.45) is 0 Å². The predicted octanol–water partition coefficient (Wildman–Crippen LogP) is 3.79. The van der Waals surface area contributed by atoms with Crippen LogP contribution in [0.4, 0.5) is 5.69 Å². The Bertz CT molecular complexity index is 776. The monoisotopic (exact) mass is 332 g/mol. The van der Waals surface area contributed by atoms with Crippen molar-refractivity contribution >= 4 is 29.1 Å². The Morgan fingerprint density at radius 1 is 1.22 bits per heavy atom. The number of nitrogens with one attached hydrogen (secondary N) is 1. The summed E-state index contributed by atoms with van der Waals surface area (Å²) in [6.07, 6.45) is 1.53. The summed E-state index contributed by atoms with van der Waals surface area (Å²) in [5.41, 5.74) is 0.911. The first kappa shape index (κ1) is 15.6. The van der Waals surface area contributed by atoms with E-state index in [1.54, 1.807) is 24.3 Å². The maximum atomic E-state index is 12.9. The summed E-state index contributed by atoms with van der Waals surface area (Å²) in [5, 5.41) is 3.23. The second-order valence-electron chi connectivity index (χ2n) is 6.46.